The van der Waals surface area contributed by atoms with Crippen molar-refractivity contribution in [2.24, 2.45) is 0 Å². The van der Waals surface area contributed by atoms with E-state index in [0.717, 1.165) is 32.7 Å². The van der Waals surface area contributed by atoms with Crippen LogP contribution in [0.25, 0.3) is 0 Å². The van der Waals surface area contributed by atoms with E-state index in [1.807, 2.05) is 19.1 Å². The molecule has 0 aliphatic carbocycles. The summed E-state index contributed by atoms with van der Waals surface area (Å²) in [6, 6.07) is 7.16. The Morgan fingerprint density at radius 3 is 2.60 bits per heavy atom. The van der Waals surface area contributed by atoms with Crippen LogP contribution in [0.15, 0.2) is 24.3 Å². The lowest BCUT2D eigenvalue weighted by Crippen LogP contribution is -2.51. The first-order valence-corrected chi connectivity index (χ1v) is 7.75. The van der Waals surface area contributed by atoms with E-state index in [1.54, 1.807) is 12.1 Å². The molecule has 2 rings (SSSR count). The molecule has 110 valence electrons. The second-order valence-corrected chi connectivity index (χ2v) is 5.86. The first-order valence-electron chi connectivity index (χ1n) is 7.38. The largest absolute Gasteiger partial charge is 0.301 e. The number of Topliss-reactive ketones (excluding diaryl/α,β-unsaturated/α-hetero) is 1. The number of rotatable bonds is 5. The minimum absolute atomic E-state index is 0.0720. The minimum atomic E-state index is -0.0720. The molecule has 1 heterocycles. The van der Waals surface area contributed by atoms with Crippen molar-refractivity contribution >= 4 is 17.4 Å². The number of hydrogen-bond acceptors (Lipinski definition) is 3. The molecule has 3 nitrogen and oxygen atoms in total. The maximum atomic E-state index is 12.5. The second-order valence-electron chi connectivity index (χ2n) is 5.43. The monoisotopic (exact) mass is 294 g/mol. The van der Waals surface area contributed by atoms with Gasteiger partial charge in [0.05, 0.1) is 6.04 Å². The van der Waals surface area contributed by atoms with E-state index >= 15 is 0 Å². The van der Waals surface area contributed by atoms with Crippen molar-refractivity contribution in [3.8, 4) is 0 Å². The van der Waals surface area contributed by atoms with Crippen LogP contribution in [0.5, 0.6) is 0 Å². The number of piperazine rings is 1. The molecule has 0 bridgehead atoms. The Bertz CT molecular complexity index is 456. The van der Waals surface area contributed by atoms with Crippen LogP contribution in [0.3, 0.4) is 0 Å². The van der Waals surface area contributed by atoms with Gasteiger partial charge in [0, 0.05) is 36.8 Å². The normalized spacial score (nSPS) is 18.9. The SMILES string of the molecule is CCCN1CCN(C(C)C(=O)c2cccc(Cl)c2)CC1. The summed E-state index contributed by atoms with van der Waals surface area (Å²) < 4.78 is 0. The molecular weight excluding hydrogens is 272 g/mol. The third-order valence-corrected chi connectivity index (χ3v) is 4.22. The van der Waals surface area contributed by atoms with Crippen LogP contribution in [-0.2, 0) is 0 Å². The highest BCUT2D eigenvalue weighted by molar-refractivity contribution is 6.31. The highest BCUT2D eigenvalue weighted by Crippen LogP contribution is 2.16. The third kappa shape index (κ3) is 3.81. The van der Waals surface area contributed by atoms with Crippen molar-refractivity contribution in [1.29, 1.82) is 0 Å². The zero-order valence-corrected chi connectivity index (χ0v) is 13.1. The molecule has 0 spiro atoms. The number of carbonyl (C=O) groups is 1. The topological polar surface area (TPSA) is 23.6 Å². The zero-order chi connectivity index (χ0) is 14.5. The lowest BCUT2D eigenvalue weighted by molar-refractivity contribution is 0.0701. The van der Waals surface area contributed by atoms with E-state index in [0.29, 0.717) is 10.6 Å². The van der Waals surface area contributed by atoms with Gasteiger partial charge in [0.25, 0.3) is 0 Å². The van der Waals surface area contributed by atoms with Crippen LogP contribution in [0.2, 0.25) is 5.02 Å². The fourth-order valence-electron chi connectivity index (χ4n) is 2.74. The van der Waals surface area contributed by atoms with Gasteiger partial charge in [-0.1, -0.05) is 30.7 Å². The molecule has 0 N–H and O–H groups in total. The van der Waals surface area contributed by atoms with Crippen LogP contribution in [-0.4, -0.2) is 54.3 Å². The van der Waals surface area contributed by atoms with E-state index in [2.05, 4.69) is 16.7 Å². The number of hydrogen-bond donors (Lipinski definition) is 0. The molecule has 20 heavy (non-hydrogen) atoms. The van der Waals surface area contributed by atoms with Gasteiger partial charge in [-0.25, -0.2) is 0 Å². The standard InChI is InChI=1S/C16H23ClN2O/c1-3-7-18-8-10-19(11-9-18)13(2)16(20)14-5-4-6-15(17)12-14/h4-6,12-13H,3,7-11H2,1-2H3. The number of nitrogens with zero attached hydrogens (tertiary/aromatic N) is 2. The van der Waals surface area contributed by atoms with E-state index < -0.39 is 0 Å². The molecule has 1 aliphatic heterocycles. The van der Waals surface area contributed by atoms with E-state index in [4.69, 9.17) is 11.6 Å². The van der Waals surface area contributed by atoms with Gasteiger partial charge in [-0.2, -0.15) is 0 Å². The van der Waals surface area contributed by atoms with Crippen LogP contribution >= 0.6 is 11.6 Å². The maximum absolute atomic E-state index is 12.5. The molecule has 0 saturated carbocycles. The Morgan fingerprint density at radius 2 is 2.00 bits per heavy atom. The van der Waals surface area contributed by atoms with Gasteiger partial charge in [-0.05, 0) is 32.0 Å². The van der Waals surface area contributed by atoms with E-state index in [1.165, 1.54) is 6.42 Å². The Labute approximate surface area is 126 Å². The molecule has 1 saturated heterocycles. The molecule has 1 aliphatic rings. The molecule has 1 aromatic carbocycles. The zero-order valence-electron chi connectivity index (χ0n) is 12.3. The lowest BCUT2D eigenvalue weighted by Gasteiger charge is -2.37. The number of benzene rings is 1. The second kappa shape index (κ2) is 7.21. The summed E-state index contributed by atoms with van der Waals surface area (Å²) in [6.07, 6.45) is 1.19. The van der Waals surface area contributed by atoms with Gasteiger partial charge in [0.15, 0.2) is 5.78 Å². The van der Waals surface area contributed by atoms with Crippen molar-refractivity contribution in [1.82, 2.24) is 9.80 Å². The Morgan fingerprint density at radius 1 is 1.30 bits per heavy atom. The van der Waals surface area contributed by atoms with Gasteiger partial charge < -0.3 is 4.90 Å². The highest BCUT2D eigenvalue weighted by Gasteiger charge is 2.25. The average molecular weight is 295 g/mol. The molecule has 1 fully saturated rings. The predicted octanol–water partition coefficient (Wildman–Crippen LogP) is 2.94. The van der Waals surface area contributed by atoms with Gasteiger partial charge in [-0.15, -0.1) is 0 Å². The van der Waals surface area contributed by atoms with Gasteiger partial charge in [0.2, 0.25) is 0 Å². The number of ketones is 1. The fourth-order valence-corrected chi connectivity index (χ4v) is 2.93. The van der Waals surface area contributed by atoms with Crippen LogP contribution < -0.4 is 0 Å². The summed E-state index contributed by atoms with van der Waals surface area (Å²) in [6.45, 7) is 9.41. The first kappa shape index (κ1) is 15.5. The van der Waals surface area contributed by atoms with Crippen LogP contribution in [0.1, 0.15) is 30.6 Å². The van der Waals surface area contributed by atoms with Gasteiger partial charge >= 0.3 is 0 Å². The van der Waals surface area contributed by atoms with Crippen LogP contribution in [0, 0.1) is 0 Å². The Hall–Kier alpha value is -0.900. The molecule has 0 amide bonds. The summed E-state index contributed by atoms with van der Waals surface area (Å²) in [5.41, 5.74) is 0.709. The van der Waals surface area contributed by atoms with Gasteiger partial charge in [-0.3, -0.25) is 9.69 Å². The van der Waals surface area contributed by atoms with E-state index in [9.17, 15) is 4.79 Å². The van der Waals surface area contributed by atoms with Crippen molar-refractivity contribution < 1.29 is 4.79 Å². The molecule has 1 unspecified atom stereocenters. The summed E-state index contributed by atoms with van der Waals surface area (Å²) in [4.78, 5) is 17.2. The molecule has 1 aromatic rings. The smallest absolute Gasteiger partial charge is 0.179 e. The lowest BCUT2D eigenvalue weighted by atomic mass is 10.0. The molecule has 1 atom stereocenters. The van der Waals surface area contributed by atoms with E-state index in [-0.39, 0.29) is 11.8 Å². The Balaban J connectivity index is 1.95. The van der Waals surface area contributed by atoms with Crippen molar-refractivity contribution in [3.05, 3.63) is 34.9 Å². The van der Waals surface area contributed by atoms with Crippen LogP contribution in [0.4, 0.5) is 0 Å². The third-order valence-electron chi connectivity index (χ3n) is 3.98. The Kier molecular flexibility index (Phi) is 5.58. The molecular formula is C16H23ClN2O. The number of halogens is 1. The molecule has 0 aromatic heterocycles. The quantitative estimate of drug-likeness (QED) is 0.780. The summed E-state index contributed by atoms with van der Waals surface area (Å²) in [5.74, 6) is 0.163. The van der Waals surface area contributed by atoms with Crippen molar-refractivity contribution in [2.45, 2.75) is 26.3 Å². The average Bonchev–Trinajstić information content (AvgIpc) is 2.47. The minimum Gasteiger partial charge on any atom is -0.301 e. The summed E-state index contributed by atoms with van der Waals surface area (Å²) in [7, 11) is 0. The number of carbonyl (C=O) groups excluding carboxylic acids is 1. The first-order chi connectivity index (χ1) is 9.61. The fraction of sp³-hybridized carbons (Fsp3) is 0.562. The highest BCUT2D eigenvalue weighted by atomic mass is 35.5. The molecule has 0 radical (unpaired) electrons. The van der Waals surface area contributed by atoms with Crippen molar-refractivity contribution in [2.75, 3.05) is 32.7 Å². The maximum Gasteiger partial charge on any atom is 0.179 e. The predicted molar refractivity (Wildman–Crippen MR) is 83.5 cm³/mol. The van der Waals surface area contributed by atoms with Gasteiger partial charge in [0.1, 0.15) is 0 Å². The molecule has 4 heteroatoms. The summed E-state index contributed by atoms with van der Waals surface area (Å²) >= 11 is 5.96. The van der Waals surface area contributed by atoms with Crippen molar-refractivity contribution in [3.63, 3.8) is 0 Å². The summed E-state index contributed by atoms with van der Waals surface area (Å²) in [5, 5.41) is 0.621.